The Bertz CT molecular complexity index is 710. The fraction of sp³-hybridized carbons (Fsp3) is 0.389. The van der Waals surface area contributed by atoms with E-state index >= 15 is 0 Å². The fourth-order valence-corrected chi connectivity index (χ4v) is 4.17. The second-order valence-corrected chi connectivity index (χ2v) is 7.52. The van der Waals surface area contributed by atoms with Crippen molar-refractivity contribution in [1.82, 2.24) is 4.90 Å². The van der Waals surface area contributed by atoms with Gasteiger partial charge in [0.25, 0.3) is 0 Å². The Morgan fingerprint density at radius 1 is 1.39 bits per heavy atom. The lowest BCUT2D eigenvalue weighted by atomic mass is 9.97. The van der Waals surface area contributed by atoms with Crippen LogP contribution in [0.2, 0.25) is 0 Å². The molecule has 5 heteroatoms. The van der Waals surface area contributed by atoms with Gasteiger partial charge < -0.3 is 5.11 Å². The number of hydrogen-bond donors (Lipinski definition) is 1. The summed E-state index contributed by atoms with van der Waals surface area (Å²) in [5, 5.41) is 9.11. The van der Waals surface area contributed by atoms with Crippen molar-refractivity contribution in [1.29, 1.82) is 0 Å². The minimum Gasteiger partial charge on any atom is -0.477 e. The summed E-state index contributed by atoms with van der Waals surface area (Å²) in [6.07, 6.45) is 1.04. The van der Waals surface area contributed by atoms with Gasteiger partial charge in [-0.15, -0.1) is 11.3 Å². The summed E-state index contributed by atoms with van der Waals surface area (Å²) in [7, 11) is 0. The van der Waals surface area contributed by atoms with E-state index in [9.17, 15) is 9.18 Å². The second-order valence-electron chi connectivity index (χ2n) is 6.26. The first-order valence-electron chi connectivity index (χ1n) is 7.76. The average molecular weight is 333 g/mol. The van der Waals surface area contributed by atoms with Gasteiger partial charge in [0.1, 0.15) is 10.7 Å². The molecule has 1 fully saturated rings. The Morgan fingerprint density at radius 3 is 2.70 bits per heavy atom. The highest BCUT2D eigenvalue weighted by molar-refractivity contribution is 7.14. The molecular formula is C18H20FNO2S. The molecule has 122 valence electrons. The van der Waals surface area contributed by atoms with Gasteiger partial charge >= 0.3 is 5.97 Å². The van der Waals surface area contributed by atoms with Crippen LogP contribution < -0.4 is 0 Å². The van der Waals surface area contributed by atoms with Crippen LogP contribution in [0, 0.1) is 12.7 Å². The highest BCUT2D eigenvalue weighted by Crippen LogP contribution is 2.34. The Balaban J connectivity index is 1.72. The third-order valence-electron chi connectivity index (χ3n) is 4.65. The Kier molecular flexibility index (Phi) is 4.50. The SMILES string of the molecule is Cc1sc(C(=O)O)cc1CN1C[C@@H](c2ccc(F)cc2)C[C@@H]1C. The molecule has 1 N–H and O–H groups in total. The van der Waals surface area contributed by atoms with E-state index in [0.717, 1.165) is 30.0 Å². The zero-order valence-corrected chi connectivity index (χ0v) is 14.1. The van der Waals surface area contributed by atoms with Crippen LogP contribution in [0.3, 0.4) is 0 Å². The molecule has 1 aliphatic rings. The van der Waals surface area contributed by atoms with Gasteiger partial charge in [0, 0.05) is 24.0 Å². The van der Waals surface area contributed by atoms with E-state index in [1.165, 1.54) is 29.0 Å². The van der Waals surface area contributed by atoms with Crippen molar-refractivity contribution in [3.63, 3.8) is 0 Å². The molecule has 0 radical (unpaired) electrons. The van der Waals surface area contributed by atoms with Crippen molar-refractivity contribution in [2.24, 2.45) is 0 Å². The van der Waals surface area contributed by atoms with Gasteiger partial charge in [0.05, 0.1) is 0 Å². The lowest BCUT2D eigenvalue weighted by Gasteiger charge is -2.20. The summed E-state index contributed by atoms with van der Waals surface area (Å²) in [6.45, 7) is 5.87. The van der Waals surface area contributed by atoms with Crippen LogP contribution in [0.25, 0.3) is 0 Å². The number of rotatable bonds is 4. The first-order valence-corrected chi connectivity index (χ1v) is 8.58. The summed E-state index contributed by atoms with van der Waals surface area (Å²) in [5.74, 6) is -0.654. The quantitative estimate of drug-likeness (QED) is 0.908. The number of likely N-dealkylation sites (tertiary alicyclic amines) is 1. The van der Waals surface area contributed by atoms with E-state index in [4.69, 9.17) is 5.11 Å². The molecule has 0 spiro atoms. The van der Waals surface area contributed by atoms with Crippen molar-refractivity contribution in [2.45, 2.75) is 38.8 Å². The number of nitrogens with zero attached hydrogens (tertiary/aromatic N) is 1. The summed E-state index contributed by atoms with van der Waals surface area (Å²) < 4.78 is 13.1. The number of halogens is 1. The van der Waals surface area contributed by atoms with Crippen molar-refractivity contribution in [2.75, 3.05) is 6.54 Å². The molecule has 1 aromatic heterocycles. The molecule has 2 atom stereocenters. The van der Waals surface area contributed by atoms with E-state index in [1.807, 2.05) is 19.1 Å². The third kappa shape index (κ3) is 3.46. The van der Waals surface area contributed by atoms with Crippen LogP contribution in [0.5, 0.6) is 0 Å². The molecule has 3 nitrogen and oxygen atoms in total. The van der Waals surface area contributed by atoms with E-state index in [2.05, 4.69) is 11.8 Å². The number of carboxylic acids is 1. The van der Waals surface area contributed by atoms with E-state index in [1.54, 1.807) is 6.07 Å². The standard InChI is InChI=1S/C18H20FNO2S/c1-11-7-15(13-3-5-16(19)6-4-13)10-20(11)9-14-8-17(18(21)22)23-12(14)2/h3-6,8,11,15H,7,9-10H2,1-2H3,(H,21,22)/t11-,15-/m0/s1. The Morgan fingerprint density at radius 2 is 2.09 bits per heavy atom. The molecule has 1 aliphatic heterocycles. The first-order chi connectivity index (χ1) is 10.9. The molecule has 3 rings (SSSR count). The van der Waals surface area contributed by atoms with E-state index in [0.29, 0.717) is 16.8 Å². The number of carboxylic acid groups (broad SMARTS) is 1. The summed E-state index contributed by atoms with van der Waals surface area (Å²) >= 11 is 1.34. The van der Waals surface area contributed by atoms with Gasteiger partial charge in [0.2, 0.25) is 0 Å². The first kappa shape index (κ1) is 16.1. The topological polar surface area (TPSA) is 40.5 Å². The predicted molar refractivity (Wildman–Crippen MR) is 89.6 cm³/mol. The molecule has 0 amide bonds. The minimum absolute atomic E-state index is 0.202. The molecule has 0 unspecified atom stereocenters. The molecule has 0 bridgehead atoms. The maximum atomic E-state index is 13.1. The van der Waals surface area contributed by atoms with Crippen LogP contribution in [0.4, 0.5) is 4.39 Å². The lowest BCUT2D eigenvalue weighted by molar-refractivity contribution is 0.0702. The zero-order chi connectivity index (χ0) is 16.6. The number of thiophene rings is 1. The van der Waals surface area contributed by atoms with Crippen LogP contribution in [0.1, 0.15) is 44.9 Å². The second kappa shape index (κ2) is 6.42. The largest absolute Gasteiger partial charge is 0.477 e. The number of hydrogen-bond acceptors (Lipinski definition) is 3. The van der Waals surface area contributed by atoms with E-state index in [-0.39, 0.29) is 5.82 Å². The molecule has 0 aliphatic carbocycles. The highest BCUT2D eigenvalue weighted by Gasteiger charge is 2.30. The third-order valence-corrected chi connectivity index (χ3v) is 5.73. The Hall–Kier alpha value is -1.72. The van der Waals surface area contributed by atoms with E-state index < -0.39 is 5.97 Å². The van der Waals surface area contributed by atoms with Gasteiger partial charge in [-0.1, -0.05) is 12.1 Å². The molecule has 2 aromatic rings. The maximum absolute atomic E-state index is 13.1. The highest BCUT2D eigenvalue weighted by atomic mass is 32.1. The minimum atomic E-state index is -0.858. The zero-order valence-electron chi connectivity index (χ0n) is 13.3. The smallest absolute Gasteiger partial charge is 0.345 e. The normalized spacial score (nSPS) is 21.7. The van der Waals surface area contributed by atoms with Crippen LogP contribution >= 0.6 is 11.3 Å². The number of carbonyl (C=O) groups is 1. The monoisotopic (exact) mass is 333 g/mol. The number of aromatic carboxylic acids is 1. The molecule has 1 saturated heterocycles. The van der Waals surface area contributed by atoms with Crippen molar-refractivity contribution >= 4 is 17.3 Å². The van der Waals surface area contributed by atoms with Gasteiger partial charge in [-0.05, 0) is 55.5 Å². The van der Waals surface area contributed by atoms with Gasteiger partial charge in [-0.25, -0.2) is 9.18 Å². The fourth-order valence-electron chi connectivity index (χ4n) is 3.30. The van der Waals surface area contributed by atoms with Gasteiger partial charge in [-0.3, -0.25) is 4.90 Å². The van der Waals surface area contributed by atoms with Crippen LogP contribution in [0.15, 0.2) is 30.3 Å². The lowest BCUT2D eigenvalue weighted by Crippen LogP contribution is -2.26. The van der Waals surface area contributed by atoms with Crippen molar-refractivity contribution < 1.29 is 14.3 Å². The molecule has 1 aromatic carbocycles. The van der Waals surface area contributed by atoms with Crippen LogP contribution in [-0.4, -0.2) is 28.6 Å². The summed E-state index contributed by atoms with van der Waals surface area (Å²) in [6, 6.07) is 9.00. The molecule has 0 saturated carbocycles. The molecule has 23 heavy (non-hydrogen) atoms. The Labute approximate surface area is 139 Å². The van der Waals surface area contributed by atoms with Crippen LogP contribution in [-0.2, 0) is 6.54 Å². The molecule has 2 heterocycles. The van der Waals surface area contributed by atoms with Gasteiger partial charge in [0.15, 0.2) is 0 Å². The van der Waals surface area contributed by atoms with Crippen molar-refractivity contribution in [3.05, 3.63) is 57.0 Å². The predicted octanol–water partition coefficient (Wildman–Crippen LogP) is 4.27. The van der Waals surface area contributed by atoms with Crippen molar-refractivity contribution in [3.8, 4) is 0 Å². The average Bonchev–Trinajstić information content (AvgIpc) is 3.05. The van der Waals surface area contributed by atoms with Gasteiger partial charge in [-0.2, -0.15) is 0 Å². The number of aryl methyl sites for hydroxylation is 1. The molecular weight excluding hydrogens is 313 g/mol. The maximum Gasteiger partial charge on any atom is 0.345 e. The summed E-state index contributed by atoms with van der Waals surface area (Å²) in [5.41, 5.74) is 2.27. The number of benzene rings is 1. The summed E-state index contributed by atoms with van der Waals surface area (Å²) in [4.78, 5) is 15.0.